The lowest BCUT2D eigenvalue weighted by molar-refractivity contribution is 0.477. The maximum atomic E-state index is 11.9. The minimum atomic E-state index is -4.56. The monoisotopic (exact) mass is 637 g/mol. The summed E-state index contributed by atoms with van der Waals surface area (Å²) >= 11 is 0. The molecule has 0 atom stereocenters. The van der Waals surface area contributed by atoms with Crippen molar-refractivity contribution in [1.29, 1.82) is 0 Å². The molecule has 0 aliphatic heterocycles. The largest absolute Gasteiger partial charge is 0.506 e. The predicted octanol–water partition coefficient (Wildman–Crippen LogP) is 8.73. The van der Waals surface area contributed by atoms with Crippen LogP contribution in [-0.4, -0.2) is 31.0 Å². The van der Waals surface area contributed by atoms with Gasteiger partial charge in [0.2, 0.25) is 0 Å². The van der Waals surface area contributed by atoms with Crippen molar-refractivity contribution < 1.29 is 31.0 Å². The molecule has 0 heterocycles. The van der Waals surface area contributed by atoms with Gasteiger partial charge in [-0.1, -0.05) is 36.4 Å². The smallest absolute Gasteiger partial charge is 0.294 e. The highest BCUT2D eigenvalue weighted by Gasteiger charge is 2.15. The molecule has 0 radical (unpaired) electrons. The van der Waals surface area contributed by atoms with E-state index in [0.29, 0.717) is 44.0 Å². The minimum absolute atomic E-state index is 0.130. The van der Waals surface area contributed by atoms with Gasteiger partial charge < -0.3 is 5.11 Å². The Hall–Kier alpha value is -5.59. The Kier molecular flexibility index (Phi) is 7.31. The molecule has 45 heavy (non-hydrogen) atoms. The Balaban J connectivity index is 1.42. The lowest BCUT2D eigenvalue weighted by atomic mass is 10.1. The van der Waals surface area contributed by atoms with Crippen molar-refractivity contribution in [2.45, 2.75) is 9.79 Å². The molecular formula is C31H19N5O7S2. The molecule has 6 aromatic carbocycles. The molecule has 0 saturated carbocycles. The molecule has 222 valence electrons. The normalized spacial score (nSPS) is 12.5. The van der Waals surface area contributed by atoms with Crippen LogP contribution < -0.4 is 0 Å². The average molecular weight is 638 g/mol. The van der Waals surface area contributed by atoms with Crippen LogP contribution in [0.15, 0.2) is 127 Å². The fourth-order valence-corrected chi connectivity index (χ4v) is 5.77. The lowest BCUT2D eigenvalue weighted by Crippen LogP contribution is -1.97. The molecule has 0 aromatic heterocycles. The summed E-state index contributed by atoms with van der Waals surface area (Å²) in [6.07, 6.45) is 0. The maximum Gasteiger partial charge on any atom is 0.294 e. The molecule has 0 bridgehead atoms. The summed E-state index contributed by atoms with van der Waals surface area (Å²) in [6, 6.07) is 24.0. The topological polar surface area (TPSA) is 183 Å². The maximum absolute atomic E-state index is 11.9. The van der Waals surface area contributed by atoms with Crippen LogP contribution in [0.5, 0.6) is 5.75 Å². The van der Waals surface area contributed by atoms with Crippen LogP contribution >= 0.6 is 0 Å². The summed E-state index contributed by atoms with van der Waals surface area (Å²) in [5.41, 5.74) is 1.56. The second-order valence-electron chi connectivity index (χ2n) is 9.81. The highest BCUT2D eigenvalue weighted by atomic mass is 32.2. The number of phenols is 1. The van der Waals surface area contributed by atoms with Gasteiger partial charge in [0.25, 0.3) is 20.2 Å². The van der Waals surface area contributed by atoms with Gasteiger partial charge in [-0.3, -0.25) is 9.11 Å². The quantitative estimate of drug-likeness (QED) is 0.0926. The first-order chi connectivity index (χ1) is 21.4. The summed E-state index contributed by atoms with van der Waals surface area (Å²) in [5.74, 6) is -0.130. The van der Waals surface area contributed by atoms with Crippen molar-refractivity contribution in [2.75, 3.05) is 0 Å². The van der Waals surface area contributed by atoms with Gasteiger partial charge >= 0.3 is 0 Å². The summed E-state index contributed by atoms with van der Waals surface area (Å²) in [6.45, 7) is 7.23. The highest BCUT2D eigenvalue weighted by Crippen LogP contribution is 2.40. The van der Waals surface area contributed by atoms with Crippen LogP contribution in [0.25, 0.3) is 37.2 Å². The van der Waals surface area contributed by atoms with E-state index in [-0.39, 0.29) is 32.3 Å². The van der Waals surface area contributed by atoms with Crippen LogP contribution in [0, 0.1) is 6.57 Å². The Labute approximate surface area is 256 Å². The van der Waals surface area contributed by atoms with Crippen molar-refractivity contribution in [1.82, 2.24) is 0 Å². The minimum Gasteiger partial charge on any atom is -0.506 e. The molecule has 0 fully saturated rings. The van der Waals surface area contributed by atoms with E-state index in [2.05, 4.69) is 25.3 Å². The first-order valence-corrected chi connectivity index (χ1v) is 15.8. The first kappa shape index (κ1) is 29.5. The molecule has 14 heteroatoms. The molecule has 0 spiro atoms. The number of aromatic hydroxyl groups is 1. The molecule has 6 aromatic rings. The molecule has 12 nitrogen and oxygen atoms in total. The summed E-state index contributed by atoms with van der Waals surface area (Å²) in [4.78, 5) is 2.80. The van der Waals surface area contributed by atoms with Gasteiger partial charge in [-0.25, -0.2) is 4.85 Å². The fraction of sp³-hybridized carbons (Fsp3) is 0. The molecule has 0 amide bonds. The Morgan fingerprint density at radius 1 is 0.556 bits per heavy atom. The molecule has 6 rings (SSSR count). The Bertz CT molecular complexity index is 2530. The first-order valence-electron chi connectivity index (χ1n) is 12.9. The third kappa shape index (κ3) is 5.96. The van der Waals surface area contributed by atoms with Gasteiger partial charge in [0.05, 0.1) is 33.4 Å². The fourth-order valence-electron chi connectivity index (χ4n) is 4.74. The number of hydrogen-bond acceptors (Lipinski definition) is 9. The van der Waals surface area contributed by atoms with Crippen LogP contribution in [-0.2, 0) is 20.2 Å². The van der Waals surface area contributed by atoms with E-state index in [1.54, 1.807) is 54.6 Å². The van der Waals surface area contributed by atoms with E-state index in [1.165, 1.54) is 42.5 Å². The summed E-state index contributed by atoms with van der Waals surface area (Å²) < 4.78 is 65.8. The number of rotatable bonds is 6. The van der Waals surface area contributed by atoms with Crippen molar-refractivity contribution in [3.8, 4) is 5.75 Å². The average Bonchev–Trinajstić information content (AvgIpc) is 3.01. The number of hydrogen-bond donors (Lipinski definition) is 3. The van der Waals surface area contributed by atoms with Crippen LogP contribution in [0.4, 0.5) is 28.4 Å². The van der Waals surface area contributed by atoms with Crippen molar-refractivity contribution >= 4 is 81.0 Å². The van der Waals surface area contributed by atoms with Gasteiger partial charge in [-0.2, -0.15) is 21.9 Å². The molecule has 0 saturated heterocycles. The molecule has 0 aliphatic carbocycles. The predicted molar refractivity (Wildman–Crippen MR) is 168 cm³/mol. The van der Waals surface area contributed by atoms with Crippen LogP contribution in [0.1, 0.15) is 0 Å². The van der Waals surface area contributed by atoms with Crippen molar-refractivity contribution in [3.05, 3.63) is 108 Å². The summed E-state index contributed by atoms with van der Waals surface area (Å²) in [5, 5.41) is 30.8. The SMILES string of the molecule is [C-]#[N+]c1ccc2c(/N=N/c3ccc(/N=N/c4ccc5cc(S(=O)(=O)O)ccc5c4)c4cc(S(=O)(=O)O)ccc34)c(O)ccc2c1. The molecule has 0 aliphatic rings. The van der Waals surface area contributed by atoms with E-state index < -0.39 is 20.2 Å². The number of nitrogens with zero attached hydrogens (tertiary/aromatic N) is 5. The zero-order valence-electron chi connectivity index (χ0n) is 22.8. The van der Waals surface area contributed by atoms with Crippen LogP contribution in [0.3, 0.4) is 0 Å². The van der Waals surface area contributed by atoms with Gasteiger partial charge in [0, 0.05) is 16.2 Å². The zero-order chi connectivity index (χ0) is 31.9. The molecule has 0 unspecified atom stereocenters. The van der Waals surface area contributed by atoms with Crippen molar-refractivity contribution in [2.24, 2.45) is 20.5 Å². The van der Waals surface area contributed by atoms with E-state index >= 15 is 0 Å². The van der Waals surface area contributed by atoms with Gasteiger partial charge in [0.15, 0.2) is 5.69 Å². The Morgan fingerprint density at radius 3 is 1.89 bits per heavy atom. The highest BCUT2D eigenvalue weighted by molar-refractivity contribution is 7.86. The van der Waals surface area contributed by atoms with Gasteiger partial charge in [-0.15, -0.1) is 15.3 Å². The van der Waals surface area contributed by atoms with Crippen LogP contribution in [0.2, 0.25) is 0 Å². The third-order valence-corrected chi connectivity index (χ3v) is 8.65. The standard InChI is InChI=1S/C31H19N5O7S2/c1-32-21-6-9-25-20(15-21)4-13-30(37)31(25)36-35-28-11-12-29(27-17-24(45(41,42)43)8-10-26(27)28)34-33-22-5-2-19-16-23(44(38,39)40)7-3-18(19)14-22/h2-17,37H,(H,38,39,40)(H,41,42,43)/b34-33+,36-35+. The number of azo groups is 2. The lowest BCUT2D eigenvalue weighted by Gasteiger charge is -2.08. The van der Waals surface area contributed by atoms with E-state index in [0.717, 1.165) is 0 Å². The number of fused-ring (bicyclic) bond motifs is 3. The van der Waals surface area contributed by atoms with Gasteiger partial charge in [-0.05, 0) is 76.8 Å². The third-order valence-electron chi connectivity index (χ3n) is 6.95. The van der Waals surface area contributed by atoms with E-state index in [4.69, 9.17) is 6.57 Å². The summed E-state index contributed by atoms with van der Waals surface area (Å²) in [7, 11) is -8.92. The zero-order valence-corrected chi connectivity index (χ0v) is 24.4. The number of benzene rings is 6. The molecule has 3 N–H and O–H groups in total. The number of phenolic OH excluding ortho intramolecular Hbond substituents is 1. The second-order valence-corrected chi connectivity index (χ2v) is 12.6. The van der Waals surface area contributed by atoms with E-state index in [9.17, 15) is 31.0 Å². The van der Waals surface area contributed by atoms with E-state index in [1.807, 2.05) is 0 Å². The molecular weight excluding hydrogens is 619 g/mol. The second kappa shape index (κ2) is 11.2. The Morgan fingerprint density at radius 2 is 1.16 bits per heavy atom. The van der Waals surface area contributed by atoms with Gasteiger partial charge in [0.1, 0.15) is 11.4 Å². The van der Waals surface area contributed by atoms with Crippen molar-refractivity contribution in [3.63, 3.8) is 0 Å².